The van der Waals surface area contributed by atoms with Gasteiger partial charge in [-0.25, -0.2) is 4.98 Å². The third kappa shape index (κ3) is 2.13. The molecule has 0 aliphatic rings. The number of imidazole rings is 1. The average Bonchev–Trinajstić information content (AvgIpc) is 2.89. The highest BCUT2D eigenvalue weighted by molar-refractivity contribution is 5.54. The van der Waals surface area contributed by atoms with E-state index in [1.165, 1.54) is 0 Å². The van der Waals surface area contributed by atoms with E-state index >= 15 is 0 Å². The van der Waals surface area contributed by atoms with Gasteiger partial charge in [-0.2, -0.15) is 0 Å². The third-order valence-corrected chi connectivity index (χ3v) is 2.73. The Morgan fingerprint density at radius 1 is 0.944 bits per heavy atom. The summed E-state index contributed by atoms with van der Waals surface area (Å²) in [4.78, 5) is 12.5. The SMILES string of the molecule is c1cncc(Cn2ccnc2-c2ccncc2)c1. The van der Waals surface area contributed by atoms with Crippen molar-refractivity contribution in [1.82, 2.24) is 19.5 Å². The third-order valence-electron chi connectivity index (χ3n) is 2.73. The maximum absolute atomic E-state index is 4.40. The summed E-state index contributed by atoms with van der Waals surface area (Å²) in [5.74, 6) is 0.946. The summed E-state index contributed by atoms with van der Waals surface area (Å²) in [5.41, 5.74) is 2.23. The number of hydrogen-bond donors (Lipinski definition) is 0. The van der Waals surface area contributed by atoms with Gasteiger partial charge in [0, 0.05) is 42.7 Å². The van der Waals surface area contributed by atoms with Crippen LogP contribution in [0, 0.1) is 0 Å². The first kappa shape index (κ1) is 10.7. The van der Waals surface area contributed by atoms with Crippen molar-refractivity contribution < 1.29 is 0 Å². The van der Waals surface area contributed by atoms with Gasteiger partial charge in [-0.05, 0) is 23.8 Å². The first-order chi connectivity index (χ1) is 8.93. The van der Waals surface area contributed by atoms with Crippen LogP contribution in [0.4, 0.5) is 0 Å². The molecule has 0 saturated carbocycles. The number of pyridine rings is 2. The Bertz CT molecular complexity index is 617. The fourth-order valence-corrected chi connectivity index (χ4v) is 1.89. The van der Waals surface area contributed by atoms with Crippen molar-refractivity contribution in [3.05, 3.63) is 67.0 Å². The fraction of sp³-hybridized carbons (Fsp3) is 0.0714. The fourth-order valence-electron chi connectivity index (χ4n) is 1.89. The molecule has 18 heavy (non-hydrogen) atoms. The van der Waals surface area contributed by atoms with Crippen molar-refractivity contribution in [2.24, 2.45) is 0 Å². The van der Waals surface area contributed by atoms with Gasteiger partial charge in [0.2, 0.25) is 0 Å². The highest BCUT2D eigenvalue weighted by Crippen LogP contribution is 2.17. The maximum atomic E-state index is 4.40. The normalized spacial score (nSPS) is 10.4. The minimum absolute atomic E-state index is 0.769. The molecule has 0 bridgehead atoms. The Kier molecular flexibility index (Phi) is 2.84. The second-order valence-electron chi connectivity index (χ2n) is 3.98. The van der Waals surface area contributed by atoms with Crippen molar-refractivity contribution in [3.63, 3.8) is 0 Å². The van der Waals surface area contributed by atoms with E-state index in [1.54, 1.807) is 18.6 Å². The van der Waals surface area contributed by atoms with Crippen LogP contribution in [0.2, 0.25) is 0 Å². The van der Waals surface area contributed by atoms with Crippen LogP contribution in [0.5, 0.6) is 0 Å². The first-order valence-electron chi connectivity index (χ1n) is 5.74. The van der Waals surface area contributed by atoms with Crippen LogP contribution in [-0.4, -0.2) is 19.5 Å². The topological polar surface area (TPSA) is 43.6 Å². The quantitative estimate of drug-likeness (QED) is 0.701. The Morgan fingerprint density at radius 2 is 1.83 bits per heavy atom. The van der Waals surface area contributed by atoms with E-state index in [1.807, 2.05) is 36.8 Å². The Labute approximate surface area is 105 Å². The van der Waals surface area contributed by atoms with Crippen LogP contribution in [0.15, 0.2) is 61.4 Å². The molecule has 3 rings (SSSR count). The average molecular weight is 236 g/mol. The smallest absolute Gasteiger partial charge is 0.140 e. The van der Waals surface area contributed by atoms with Gasteiger partial charge in [0.25, 0.3) is 0 Å². The number of hydrogen-bond acceptors (Lipinski definition) is 3. The summed E-state index contributed by atoms with van der Waals surface area (Å²) in [6.45, 7) is 0.769. The molecule has 0 aliphatic heterocycles. The van der Waals surface area contributed by atoms with Crippen LogP contribution in [-0.2, 0) is 6.54 Å². The van der Waals surface area contributed by atoms with Crippen LogP contribution in [0.3, 0.4) is 0 Å². The maximum Gasteiger partial charge on any atom is 0.140 e. The molecule has 3 aromatic rings. The summed E-state index contributed by atoms with van der Waals surface area (Å²) in [7, 11) is 0. The molecule has 0 fully saturated rings. The molecule has 3 heterocycles. The van der Waals surface area contributed by atoms with Crippen molar-refractivity contribution >= 4 is 0 Å². The molecule has 3 aromatic heterocycles. The zero-order valence-electron chi connectivity index (χ0n) is 9.77. The second kappa shape index (κ2) is 4.79. The Morgan fingerprint density at radius 3 is 2.61 bits per heavy atom. The molecule has 0 aliphatic carbocycles. The van der Waals surface area contributed by atoms with Crippen molar-refractivity contribution in [3.8, 4) is 11.4 Å². The minimum atomic E-state index is 0.769. The van der Waals surface area contributed by atoms with Gasteiger partial charge in [-0.3, -0.25) is 9.97 Å². The van der Waals surface area contributed by atoms with E-state index in [9.17, 15) is 0 Å². The second-order valence-corrected chi connectivity index (χ2v) is 3.98. The summed E-state index contributed by atoms with van der Waals surface area (Å²) in [6.07, 6.45) is 11.0. The lowest BCUT2D eigenvalue weighted by Crippen LogP contribution is -2.01. The lowest BCUT2D eigenvalue weighted by Gasteiger charge is -2.07. The molecule has 4 nitrogen and oxygen atoms in total. The van der Waals surface area contributed by atoms with E-state index in [-0.39, 0.29) is 0 Å². The van der Waals surface area contributed by atoms with E-state index in [4.69, 9.17) is 0 Å². The summed E-state index contributed by atoms with van der Waals surface area (Å²) < 4.78 is 2.10. The molecule has 0 amide bonds. The minimum Gasteiger partial charge on any atom is -0.327 e. The van der Waals surface area contributed by atoms with Gasteiger partial charge < -0.3 is 4.57 Å². The Hall–Kier alpha value is -2.49. The zero-order valence-corrected chi connectivity index (χ0v) is 9.77. The van der Waals surface area contributed by atoms with Gasteiger partial charge in [0.05, 0.1) is 6.54 Å². The number of nitrogens with zero attached hydrogens (tertiary/aromatic N) is 4. The highest BCUT2D eigenvalue weighted by Gasteiger charge is 2.05. The van der Waals surface area contributed by atoms with Crippen LogP contribution >= 0.6 is 0 Å². The molecule has 0 N–H and O–H groups in total. The van der Waals surface area contributed by atoms with Gasteiger partial charge in [-0.1, -0.05) is 6.07 Å². The van der Waals surface area contributed by atoms with E-state index < -0.39 is 0 Å². The van der Waals surface area contributed by atoms with Gasteiger partial charge in [-0.15, -0.1) is 0 Å². The summed E-state index contributed by atoms with van der Waals surface area (Å²) in [5, 5.41) is 0. The van der Waals surface area contributed by atoms with Gasteiger partial charge in [0.15, 0.2) is 0 Å². The van der Waals surface area contributed by atoms with Crippen LogP contribution < -0.4 is 0 Å². The van der Waals surface area contributed by atoms with Crippen LogP contribution in [0.1, 0.15) is 5.56 Å². The monoisotopic (exact) mass is 236 g/mol. The van der Waals surface area contributed by atoms with Crippen molar-refractivity contribution in [2.45, 2.75) is 6.54 Å². The molecule has 4 heteroatoms. The molecule has 0 spiro atoms. The first-order valence-corrected chi connectivity index (χ1v) is 5.74. The predicted octanol–water partition coefficient (Wildman–Crippen LogP) is 2.39. The standard InChI is InChI=1S/C14H12N4/c1-2-12(10-16-5-1)11-18-9-8-17-14(18)13-3-6-15-7-4-13/h1-10H,11H2. The molecule has 0 aromatic carbocycles. The molecular weight excluding hydrogens is 224 g/mol. The Balaban J connectivity index is 1.93. The van der Waals surface area contributed by atoms with E-state index in [2.05, 4.69) is 25.6 Å². The zero-order chi connectivity index (χ0) is 12.2. The number of aromatic nitrogens is 4. The molecular formula is C14H12N4. The largest absolute Gasteiger partial charge is 0.327 e. The lowest BCUT2D eigenvalue weighted by atomic mass is 10.2. The molecule has 88 valence electrons. The lowest BCUT2D eigenvalue weighted by molar-refractivity contribution is 0.802. The molecule has 0 unspecified atom stereocenters. The van der Waals surface area contributed by atoms with E-state index in [0.29, 0.717) is 0 Å². The summed E-state index contributed by atoms with van der Waals surface area (Å²) >= 11 is 0. The highest BCUT2D eigenvalue weighted by atomic mass is 15.1. The van der Waals surface area contributed by atoms with Crippen molar-refractivity contribution in [1.29, 1.82) is 0 Å². The summed E-state index contributed by atoms with van der Waals surface area (Å²) in [6, 6.07) is 7.92. The molecule has 0 atom stereocenters. The van der Waals surface area contributed by atoms with E-state index in [0.717, 1.165) is 23.5 Å². The van der Waals surface area contributed by atoms with Gasteiger partial charge in [0.1, 0.15) is 5.82 Å². The van der Waals surface area contributed by atoms with Gasteiger partial charge >= 0.3 is 0 Å². The molecule has 0 saturated heterocycles. The molecule has 0 radical (unpaired) electrons. The van der Waals surface area contributed by atoms with Crippen LogP contribution in [0.25, 0.3) is 11.4 Å². The van der Waals surface area contributed by atoms with Crippen molar-refractivity contribution in [2.75, 3.05) is 0 Å². The predicted molar refractivity (Wildman–Crippen MR) is 68.8 cm³/mol. The number of rotatable bonds is 3.